The molecule has 0 bridgehead atoms. The Morgan fingerprint density at radius 2 is 0.655 bits per heavy atom. The Morgan fingerprint density at radius 3 is 0.982 bits per heavy atom. The van der Waals surface area contributed by atoms with Gasteiger partial charge < -0.3 is 19.4 Å². The van der Waals surface area contributed by atoms with Crippen LogP contribution in [0.2, 0.25) is 0 Å². The minimum Gasteiger partial charge on any atom is -0.493 e. The predicted molar refractivity (Wildman–Crippen MR) is 243 cm³/mol. The second kappa shape index (κ2) is 34.1. The summed E-state index contributed by atoms with van der Waals surface area (Å²) >= 11 is 0. The van der Waals surface area contributed by atoms with Crippen LogP contribution in [-0.4, -0.2) is 4.70 Å². The van der Waals surface area contributed by atoms with Gasteiger partial charge in [0.05, 0.1) is 0 Å². The first-order valence-electron chi connectivity index (χ1n) is 23.1. The minimum atomic E-state index is 0. The molecule has 1 aliphatic heterocycles. The molecule has 0 saturated carbocycles. The average molecular weight is 798 g/mol. The Bertz CT molecular complexity index is 1290. The number of hydrogen-bond donors (Lipinski definition) is 0. The van der Waals surface area contributed by atoms with Gasteiger partial charge in [-0.15, -0.1) is 0 Å². The molecule has 1 heterocycles. The monoisotopic (exact) mass is 797 g/mol. The molecule has 0 aromatic heterocycles. The van der Waals surface area contributed by atoms with Gasteiger partial charge >= 0.3 is 16.5 Å². The van der Waals surface area contributed by atoms with E-state index in [4.69, 9.17) is 0 Å². The maximum absolute atomic E-state index is 12.5. The molecule has 314 valence electrons. The summed E-state index contributed by atoms with van der Waals surface area (Å²) in [6.07, 6.45) is 30.7. The molecule has 3 heteroatoms. The Balaban J connectivity index is 0.00000294. The number of hydrogen-bond acceptors (Lipinski definition) is 0. The Labute approximate surface area is 353 Å². The van der Waals surface area contributed by atoms with E-state index in [1.165, 1.54) is 147 Å². The molecule has 2 aromatic rings. The molecule has 0 radical (unpaired) electrons. The van der Waals surface area contributed by atoms with Crippen LogP contribution < -0.4 is 0 Å². The van der Waals surface area contributed by atoms with Gasteiger partial charge in [0, 0.05) is 22.3 Å². The molecule has 2 nitrogen and oxygen atoms in total. The average Bonchev–Trinajstić information content (AvgIpc) is 3.47. The summed E-state index contributed by atoms with van der Waals surface area (Å²) in [7, 11) is 0. The van der Waals surface area contributed by atoms with Gasteiger partial charge in [-0.05, 0) is 124 Å². The van der Waals surface area contributed by atoms with Crippen LogP contribution in [0.3, 0.4) is 0 Å². The fourth-order valence-electron chi connectivity index (χ4n) is 7.16. The van der Waals surface area contributed by atoms with Gasteiger partial charge in [0.2, 0.25) is 11.4 Å². The van der Waals surface area contributed by atoms with E-state index >= 15 is 0 Å². The van der Waals surface area contributed by atoms with Crippen molar-refractivity contribution < 1.29 is 21.2 Å². The van der Waals surface area contributed by atoms with E-state index in [2.05, 4.69) is 106 Å². The SMILES string of the molecule is CCCCCCC1=C(c2cc(CCCCC)cc(CCCCC)c2)[N+](=[N-])C(c2cc(CCCC)cc(CCCC)c2)=C1CCCC.[CH2-]CCC.[CH2-]CCC.[Ni+2]. The van der Waals surface area contributed by atoms with E-state index in [0.717, 1.165) is 75.6 Å². The van der Waals surface area contributed by atoms with E-state index < -0.39 is 0 Å². The fraction of sp³-hybridized carbons (Fsp3) is 0.654. The summed E-state index contributed by atoms with van der Waals surface area (Å²) in [6, 6.07) is 14.6. The summed E-state index contributed by atoms with van der Waals surface area (Å²) < 4.78 is 1.66. The van der Waals surface area contributed by atoms with Crippen molar-refractivity contribution in [3.05, 3.63) is 100 Å². The van der Waals surface area contributed by atoms with Gasteiger partial charge in [0.15, 0.2) is 0 Å². The molecule has 0 saturated heterocycles. The third-order valence-electron chi connectivity index (χ3n) is 10.6. The van der Waals surface area contributed by atoms with Crippen LogP contribution in [-0.2, 0) is 42.2 Å². The molecular formula is C52H86N2Ni. The van der Waals surface area contributed by atoms with Crippen molar-refractivity contribution in [3.8, 4) is 0 Å². The Kier molecular flexibility index (Phi) is 32.9. The van der Waals surface area contributed by atoms with Crippen LogP contribution in [0.25, 0.3) is 16.9 Å². The number of nitrogens with zero attached hydrogens (tertiary/aromatic N) is 2. The second-order valence-electron chi connectivity index (χ2n) is 15.8. The molecule has 0 aliphatic carbocycles. The smallest absolute Gasteiger partial charge is 0.493 e. The maximum Gasteiger partial charge on any atom is 2.00 e. The molecule has 0 N–H and O–H groups in total. The van der Waals surface area contributed by atoms with Gasteiger partial charge in [-0.1, -0.05) is 145 Å². The van der Waals surface area contributed by atoms with E-state index in [1.807, 2.05) is 0 Å². The maximum atomic E-state index is 12.5. The van der Waals surface area contributed by atoms with Crippen LogP contribution in [0, 0.1) is 13.8 Å². The first kappa shape index (κ1) is 53.0. The van der Waals surface area contributed by atoms with Crippen molar-refractivity contribution in [1.82, 2.24) is 0 Å². The van der Waals surface area contributed by atoms with E-state index in [9.17, 15) is 5.53 Å². The van der Waals surface area contributed by atoms with Crippen molar-refractivity contribution in [2.45, 2.75) is 222 Å². The van der Waals surface area contributed by atoms with Crippen LogP contribution in [0.4, 0.5) is 0 Å². The number of allylic oxidation sites excluding steroid dienone is 2. The molecule has 1 aliphatic rings. The summed E-state index contributed by atoms with van der Waals surface area (Å²) in [5.41, 5.74) is 25.6. The van der Waals surface area contributed by atoms with Crippen molar-refractivity contribution >= 4 is 11.4 Å². The minimum absolute atomic E-state index is 0. The third-order valence-corrected chi connectivity index (χ3v) is 10.6. The van der Waals surface area contributed by atoms with Gasteiger partial charge in [0.25, 0.3) is 0 Å². The van der Waals surface area contributed by atoms with Gasteiger partial charge in [-0.3, -0.25) is 0 Å². The summed E-state index contributed by atoms with van der Waals surface area (Å²) in [5, 5.41) is 0. The van der Waals surface area contributed by atoms with E-state index in [1.54, 1.807) is 4.70 Å². The largest absolute Gasteiger partial charge is 2.00 e. The number of unbranched alkanes of at least 4 members (excludes halogenated alkanes) is 12. The molecule has 3 rings (SSSR count). The van der Waals surface area contributed by atoms with Crippen LogP contribution >= 0.6 is 0 Å². The molecule has 0 fully saturated rings. The summed E-state index contributed by atoms with van der Waals surface area (Å²) in [6.45, 7) is 25.2. The predicted octanol–water partition coefficient (Wildman–Crippen LogP) is 17.4. The zero-order valence-corrected chi connectivity index (χ0v) is 38.5. The zero-order valence-electron chi connectivity index (χ0n) is 37.5. The molecule has 0 unspecified atom stereocenters. The zero-order chi connectivity index (χ0) is 40.0. The summed E-state index contributed by atoms with van der Waals surface area (Å²) in [4.78, 5) is 0. The third kappa shape index (κ3) is 20.3. The standard InChI is InChI=1S/C44H68N2.2C4H9.Ni/c1-7-13-19-22-28-42-41(27-18-12-6)43(39-31-35(23-16-10-4)29-36(32-39)24-17-11-5)46(45)44(42)40-33-37(25-20-14-8-2)30-38(34-40)26-21-15-9-3;2*1-3-4-2;/h29-34H,7-28H2,1-6H3;2*1,3-4H2,2H3;/q;2*-1;+2. The molecule has 0 atom stereocenters. The molecule has 2 aromatic carbocycles. The van der Waals surface area contributed by atoms with E-state index in [0.29, 0.717) is 0 Å². The molecule has 0 amide bonds. The quantitative estimate of drug-likeness (QED) is 0.0392. The van der Waals surface area contributed by atoms with Crippen molar-refractivity contribution in [1.29, 1.82) is 0 Å². The number of benzene rings is 2. The number of aryl methyl sites for hydroxylation is 4. The molecular weight excluding hydrogens is 711 g/mol. The van der Waals surface area contributed by atoms with Crippen LogP contribution in [0.15, 0.2) is 47.5 Å². The van der Waals surface area contributed by atoms with Gasteiger partial charge in [0.1, 0.15) is 0 Å². The molecule has 0 spiro atoms. The van der Waals surface area contributed by atoms with Gasteiger partial charge in [-0.2, -0.15) is 12.8 Å². The van der Waals surface area contributed by atoms with Gasteiger partial charge in [-0.25, -0.2) is 4.70 Å². The fourth-order valence-corrected chi connectivity index (χ4v) is 7.16. The van der Waals surface area contributed by atoms with Crippen LogP contribution in [0.5, 0.6) is 0 Å². The number of rotatable bonds is 26. The second-order valence-corrected chi connectivity index (χ2v) is 15.8. The van der Waals surface area contributed by atoms with Crippen molar-refractivity contribution in [3.63, 3.8) is 0 Å². The van der Waals surface area contributed by atoms with E-state index in [-0.39, 0.29) is 16.5 Å². The van der Waals surface area contributed by atoms with Crippen molar-refractivity contribution in [2.75, 3.05) is 0 Å². The summed E-state index contributed by atoms with van der Waals surface area (Å²) in [5.74, 6) is 0. The first-order valence-corrected chi connectivity index (χ1v) is 23.1. The topological polar surface area (TPSA) is 25.3 Å². The Morgan fingerprint density at radius 1 is 0.382 bits per heavy atom. The van der Waals surface area contributed by atoms with Crippen molar-refractivity contribution in [2.24, 2.45) is 0 Å². The molecule has 55 heavy (non-hydrogen) atoms. The Hall–Kier alpha value is -1.99. The van der Waals surface area contributed by atoms with Crippen LogP contribution in [0.1, 0.15) is 230 Å². The normalized spacial score (nSPS) is 12.4. The first-order chi connectivity index (χ1) is 26.3.